The molecule has 31 heavy (non-hydrogen) atoms. The van der Waals surface area contributed by atoms with Crippen molar-refractivity contribution >= 4 is 90.6 Å². The number of carbonyl (C=O) groups excluding carboxylic acids is 2. The summed E-state index contributed by atoms with van der Waals surface area (Å²) in [6.07, 6.45) is 0. The van der Waals surface area contributed by atoms with Gasteiger partial charge in [0.05, 0.1) is 11.3 Å². The molecule has 10 nitrogen and oxygen atoms in total. The highest BCUT2D eigenvalue weighted by atomic mass is 79.9. The second-order valence-electron chi connectivity index (χ2n) is 6.21. The van der Waals surface area contributed by atoms with Crippen LogP contribution in [0.4, 0.5) is 5.13 Å². The van der Waals surface area contributed by atoms with Gasteiger partial charge in [-0.1, -0.05) is 39.0 Å². The van der Waals surface area contributed by atoms with Gasteiger partial charge in [0.15, 0.2) is 9.47 Å². The first kappa shape index (κ1) is 22.3. The fourth-order valence-electron chi connectivity index (χ4n) is 3.02. The van der Waals surface area contributed by atoms with Crippen LogP contribution < -0.4 is 11.1 Å². The minimum atomic E-state index is -1.17. The Hall–Kier alpha value is -1.94. The molecular formula is C16H13BrN6O4S4. The zero-order valence-corrected chi connectivity index (χ0v) is 20.2. The van der Waals surface area contributed by atoms with Gasteiger partial charge in [-0.2, -0.15) is 0 Å². The first-order valence-electron chi connectivity index (χ1n) is 8.52. The molecule has 0 aromatic carbocycles. The topological polar surface area (TPSA) is 151 Å². The van der Waals surface area contributed by atoms with Crippen LogP contribution in [0.5, 0.6) is 0 Å². The number of β-lactam (4-membered cyclic amide) rings is 1. The maximum atomic E-state index is 12.8. The van der Waals surface area contributed by atoms with Gasteiger partial charge in [0.25, 0.3) is 11.8 Å². The van der Waals surface area contributed by atoms with Gasteiger partial charge in [0, 0.05) is 16.9 Å². The summed E-state index contributed by atoms with van der Waals surface area (Å²) in [4.78, 5) is 44.2. The van der Waals surface area contributed by atoms with E-state index in [-0.39, 0.29) is 11.3 Å². The molecule has 2 atom stereocenters. The normalized spacial score (nSPS) is 21.0. The number of amides is 2. The molecule has 0 aliphatic carbocycles. The second-order valence-corrected chi connectivity index (χ2v) is 10.7. The van der Waals surface area contributed by atoms with Crippen molar-refractivity contribution in [3.63, 3.8) is 0 Å². The SMILES string of the molecule is Nc1nc(C(=CBr)C(=O)NC2C(=O)N3C(C(=O)O)=C(CSc4nncs4)CS[C@@H]23)cs1. The molecule has 162 valence electrons. The lowest BCUT2D eigenvalue weighted by Gasteiger charge is -2.49. The first-order chi connectivity index (χ1) is 14.9. The standard InChI is InChI=1S/C16H13BrN6O4S4/c17-1-7(8-4-29-15(18)20-8)11(24)21-9-12(25)23-10(14(26)27)6(2-28-13(9)23)3-30-16-22-19-5-31-16/h1,4-5,9,13H,2-3H2,(H2,18,20)(H,21,24)(H,26,27)/t9?,13-/m0/s1. The van der Waals surface area contributed by atoms with Crippen LogP contribution in [0.25, 0.3) is 5.57 Å². The Morgan fingerprint density at radius 3 is 2.87 bits per heavy atom. The fraction of sp³-hybridized carbons (Fsp3) is 0.250. The van der Waals surface area contributed by atoms with Crippen LogP contribution in [0.1, 0.15) is 5.69 Å². The Morgan fingerprint density at radius 2 is 2.26 bits per heavy atom. The van der Waals surface area contributed by atoms with Crippen LogP contribution in [-0.4, -0.2) is 65.9 Å². The molecule has 2 aliphatic heterocycles. The summed E-state index contributed by atoms with van der Waals surface area (Å²) in [7, 11) is 0. The van der Waals surface area contributed by atoms with Crippen LogP contribution in [0.15, 0.2) is 31.5 Å². The molecule has 0 spiro atoms. The monoisotopic (exact) mass is 560 g/mol. The van der Waals surface area contributed by atoms with Gasteiger partial charge in [-0.25, -0.2) is 9.78 Å². The van der Waals surface area contributed by atoms with Crippen LogP contribution in [0.3, 0.4) is 0 Å². The molecule has 1 fully saturated rings. The Balaban J connectivity index is 1.48. The Kier molecular flexibility index (Phi) is 6.66. The summed E-state index contributed by atoms with van der Waals surface area (Å²) in [5.41, 5.74) is 8.45. The zero-order chi connectivity index (χ0) is 22.1. The Morgan fingerprint density at radius 1 is 1.45 bits per heavy atom. The molecule has 4 rings (SSSR count). The number of nitrogens with zero attached hydrogens (tertiary/aromatic N) is 4. The Bertz CT molecular complexity index is 1100. The van der Waals surface area contributed by atoms with Crippen molar-refractivity contribution in [1.29, 1.82) is 0 Å². The molecule has 2 aromatic heterocycles. The molecule has 1 unspecified atom stereocenters. The molecule has 4 N–H and O–H groups in total. The molecule has 0 radical (unpaired) electrons. The van der Waals surface area contributed by atoms with Gasteiger partial charge in [0.1, 0.15) is 22.6 Å². The predicted octanol–water partition coefficient (Wildman–Crippen LogP) is 1.84. The first-order valence-corrected chi connectivity index (χ1v) is 13.2. The number of carboxylic acids is 1. The molecule has 2 aliphatic rings. The molecular weight excluding hydrogens is 548 g/mol. The lowest BCUT2D eigenvalue weighted by Crippen LogP contribution is -2.70. The highest BCUT2D eigenvalue weighted by Gasteiger charge is 2.54. The van der Waals surface area contributed by atoms with Gasteiger partial charge in [0.2, 0.25) is 0 Å². The van der Waals surface area contributed by atoms with Crippen LogP contribution in [0, 0.1) is 0 Å². The molecule has 0 saturated carbocycles. The number of carbonyl (C=O) groups is 3. The largest absolute Gasteiger partial charge is 0.477 e. The minimum absolute atomic E-state index is 0.0280. The molecule has 0 bridgehead atoms. The summed E-state index contributed by atoms with van der Waals surface area (Å²) in [5.74, 6) is -1.32. The van der Waals surface area contributed by atoms with Crippen molar-refractivity contribution in [3.05, 3.63) is 32.8 Å². The Labute approximate surface area is 200 Å². The third-order valence-electron chi connectivity index (χ3n) is 4.40. The van der Waals surface area contributed by atoms with E-state index < -0.39 is 29.2 Å². The van der Waals surface area contributed by atoms with E-state index in [2.05, 4.69) is 36.4 Å². The number of anilines is 1. The van der Waals surface area contributed by atoms with Crippen molar-refractivity contribution in [2.75, 3.05) is 17.2 Å². The minimum Gasteiger partial charge on any atom is -0.477 e. The third kappa shape index (κ3) is 4.37. The second kappa shape index (κ2) is 9.28. The summed E-state index contributed by atoms with van der Waals surface area (Å²) in [6.45, 7) is 0. The fourth-order valence-corrected chi connectivity index (χ4v) is 7.00. The number of nitrogen functional groups attached to an aromatic ring is 1. The van der Waals surface area contributed by atoms with Gasteiger partial charge in [-0.3, -0.25) is 14.5 Å². The van der Waals surface area contributed by atoms with Crippen molar-refractivity contribution in [2.24, 2.45) is 0 Å². The van der Waals surface area contributed by atoms with Crippen molar-refractivity contribution < 1.29 is 19.5 Å². The lowest BCUT2D eigenvalue weighted by atomic mass is 10.0. The van der Waals surface area contributed by atoms with E-state index in [1.165, 1.54) is 56.1 Å². The van der Waals surface area contributed by atoms with Crippen LogP contribution in [-0.2, 0) is 14.4 Å². The number of thiazole rings is 1. The number of carboxylic acid groups (broad SMARTS) is 1. The van der Waals surface area contributed by atoms with Crippen LogP contribution in [0.2, 0.25) is 0 Å². The van der Waals surface area contributed by atoms with E-state index in [0.29, 0.717) is 27.9 Å². The average Bonchev–Trinajstić information content (AvgIpc) is 3.42. The summed E-state index contributed by atoms with van der Waals surface area (Å²) >= 11 is 8.49. The number of hydrogen-bond donors (Lipinski definition) is 3. The summed E-state index contributed by atoms with van der Waals surface area (Å²) < 4.78 is 0.723. The molecule has 2 amide bonds. The number of nitrogens with two attached hydrogens (primary N) is 1. The summed E-state index contributed by atoms with van der Waals surface area (Å²) in [5, 5.41) is 21.6. The molecule has 1 saturated heterocycles. The molecule has 4 heterocycles. The maximum Gasteiger partial charge on any atom is 0.352 e. The number of nitrogens with one attached hydrogen (secondary N) is 1. The molecule has 2 aromatic rings. The highest BCUT2D eigenvalue weighted by Crippen LogP contribution is 2.42. The zero-order valence-electron chi connectivity index (χ0n) is 15.4. The van der Waals surface area contributed by atoms with Crippen molar-refractivity contribution in [1.82, 2.24) is 25.4 Å². The number of rotatable bonds is 7. The summed E-state index contributed by atoms with van der Waals surface area (Å²) in [6, 6.07) is -0.831. The molecule has 15 heteroatoms. The number of aliphatic carboxylic acids is 1. The van der Waals surface area contributed by atoms with E-state index >= 15 is 0 Å². The predicted molar refractivity (Wildman–Crippen MR) is 124 cm³/mol. The van der Waals surface area contributed by atoms with E-state index in [0.717, 1.165) is 4.34 Å². The van der Waals surface area contributed by atoms with Crippen molar-refractivity contribution in [3.8, 4) is 0 Å². The van der Waals surface area contributed by atoms with E-state index in [1.54, 1.807) is 10.9 Å². The third-order valence-corrected chi connectivity index (χ3v) is 8.82. The quantitative estimate of drug-likeness (QED) is 0.260. The van der Waals surface area contributed by atoms with Gasteiger partial charge in [-0.05, 0) is 10.6 Å². The number of halogens is 1. The van der Waals surface area contributed by atoms with Crippen molar-refractivity contribution in [2.45, 2.75) is 15.8 Å². The highest BCUT2D eigenvalue weighted by molar-refractivity contribution is 9.11. The smallest absolute Gasteiger partial charge is 0.352 e. The van der Waals surface area contributed by atoms with Gasteiger partial charge in [-0.15, -0.1) is 33.3 Å². The number of fused-ring (bicyclic) bond motifs is 1. The number of thioether (sulfide) groups is 2. The average molecular weight is 561 g/mol. The maximum absolute atomic E-state index is 12.8. The lowest BCUT2D eigenvalue weighted by molar-refractivity contribution is -0.150. The van der Waals surface area contributed by atoms with E-state index in [4.69, 9.17) is 5.73 Å². The van der Waals surface area contributed by atoms with Gasteiger partial charge < -0.3 is 16.2 Å². The number of aromatic nitrogens is 3. The van der Waals surface area contributed by atoms with Crippen LogP contribution >= 0.6 is 62.1 Å². The number of hydrogen-bond acceptors (Lipinski definition) is 11. The van der Waals surface area contributed by atoms with E-state index in [9.17, 15) is 19.5 Å². The van der Waals surface area contributed by atoms with E-state index in [1.807, 2.05) is 0 Å². The van der Waals surface area contributed by atoms with Gasteiger partial charge >= 0.3 is 5.97 Å².